The maximum absolute atomic E-state index is 5.96. The number of nitrogens with one attached hydrogen (secondary N) is 1. The molecule has 2 aromatic rings. The molecule has 1 aliphatic heterocycles. The third kappa shape index (κ3) is 3.11. The topological polar surface area (TPSA) is 56.5 Å². The highest BCUT2D eigenvalue weighted by Gasteiger charge is 2.14. The Bertz CT molecular complexity index is 628. The van der Waals surface area contributed by atoms with Crippen LogP contribution in [0.3, 0.4) is 0 Å². The minimum Gasteiger partial charge on any atom is -0.486 e. The highest BCUT2D eigenvalue weighted by molar-refractivity contribution is 5.47. The van der Waals surface area contributed by atoms with Crippen molar-refractivity contribution in [2.45, 2.75) is 19.5 Å². The maximum atomic E-state index is 5.96. The average Bonchev–Trinajstić information content (AvgIpc) is 2.53. The van der Waals surface area contributed by atoms with Gasteiger partial charge in [-0.05, 0) is 36.2 Å². The second-order valence-electron chi connectivity index (χ2n) is 5.20. The van der Waals surface area contributed by atoms with Gasteiger partial charge >= 0.3 is 0 Å². The van der Waals surface area contributed by atoms with Gasteiger partial charge in [0.1, 0.15) is 13.2 Å². The first-order chi connectivity index (χ1) is 10.2. The Kier molecular flexibility index (Phi) is 3.97. The number of benzene rings is 2. The van der Waals surface area contributed by atoms with Crippen LogP contribution in [0.5, 0.6) is 11.5 Å². The number of anilines is 1. The average molecular weight is 284 g/mol. The fraction of sp³-hybridized carbons (Fsp3) is 0.294. The van der Waals surface area contributed by atoms with Crippen molar-refractivity contribution in [2.75, 3.05) is 18.9 Å². The lowest BCUT2D eigenvalue weighted by atomic mass is 10.1. The molecule has 0 saturated carbocycles. The van der Waals surface area contributed by atoms with Crippen molar-refractivity contribution in [3.8, 4) is 11.5 Å². The van der Waals surface area contributed by atoms with Gasteiger partial charge in [-0.1, -0.05) is 24.3 Å². The predicted octanol–water partition coefficient (Wildman–Crippen LogP) is 2.89. The third-order valence-corrected chi connectivity index (χ3v) is 3.72. The Morgan fingerprint density at radius 3 is 2.67 bits per heavy atom. The molecule has 0 radical (unpaired) electrons. The van der Waals surface area contributed by atoms with E-state index in [1.807, 2.05) is 36.4 Å². The van der Waals surface area contributed by atoms with E-state index in [2.05, 4.69) is 18.3 Å². The van der Waals surface area contributed by atoms with E-state index in [1.165, 1.54) is 5.56 Å². The molecule has 0 bridgehead atoms. The van der Waals surface area contributed by atoms with E-state index in [1.54, 1.807) is 0 Å². The van der Waals surface area contributed by atoms with E-state index in [-0.39, 0.29) is 6.04 Å². The van der Waals surface area contributed by atoms with Crippen molar-refractivity contribution in [3.05, 3.63) is 53.6 Å². The first-order valence-corrected chi connectivity index (χ1v) is 7.20. The summed E-state index contributed by atoms with van der Waals surface area (Å²) in [6.07, 6.45) is 0. The second-order valence-corrected chi connectivity index (χ2v) is 5.20. The molecular weight excluding hydrogens is 264 g/mol. The number of para-hydroxylation sites is 1. The zero-order valence-electron chi connectivity index (χ0n) is 12.1. The number of fused-ring (bicyclic) bond motifs is 1. The molecule has 21 heavy (non-hydrogen) atoms. The number of nitrogen functional groups attached to an aromatic ring is 1. The Labute approximate surface area is 124 Å². The van der Waals surface area contributed by atoms with Crippen LogP contribution in [0.1, 0.15) is 24.1 Å². The van der Waals surface area contributed by atoms with Crippen LogP contribution in [0, 0.1) is 0 Å². The van der Waals surface area contributed by atoms with Crippen molar-refractivity contribution in [1.82, 2.24) is 5.32 Å². The van der Waals surface area contributed by atoms with Crippen LogP contribution in [0.2, 0.25) is 0 Å². The van der Waals surface area contributed by atoms with Crippen molar-refractivity contribution < 1.29 is 9.47 Å². The van der Waals surface area contributed by atoms with Gasteiger partial charge in [0.25, 0.3) is 0 Å². The molecule has 0 saturated heterocycles. The number of nitrogens with two attached hydrogens (primary N) is 1. The standard InChI is InChI=1S/C17H20N2O2/c1-12(19-11-14-4-2-3-5-15(14)18)13-6-7-16-17(10-13)21-9-8-20-16/h2-7,10,12,19H,8-9,11,18H2,1H3. The molecule has 3 N–H and O–H groups in total. The molecule has 110 valence electrons. The molecule has 0 amide bonds. The molecule has 4 heteroatoms. The molecule has 2 aromatic carbocycles. The SMILES string of the molecule is CC(NCc1ccccc1N)c1ccc2c(c1)OCCO2. The monoisotopic (exact) mass is 284 g/mol. The molecule has 0 fully saturated rings. The van der Waals surface area contributed by atoms with Gasteiger partial charge in [-0.25, -0.2) is 0 Å². The van der Waals surface area contributed by atoms with Crippen molar-refractivity contribution in [2.24, 2.45) is 0 Å². The van der Waals surface area contributed by atoms with E-state index in [0.717, 1.165) is 29.3 Å². The summed E-state index contributed by atoms with van der Waals surface area (Å²) in [4.78, 5) is 0. The fourth-order valence-corrected chi connectivity index (χ4v) is 2.41. The van der Waals surface area contributed by atoms with Gasteiger partial charge < -0.3 is 20.5 Å². The molecular formula is C17H20N2O2. The smallest absolute Gasteiger partial charge is 0.161 e. The third-order valence-electron chi connectivity index (χ3n) is 3.72. The molecule has 3 rings (SSSR count). The van der Waals surface area contributed by atoms with Gasteiger partial charge in [0.05, 0.1) is 0 Å². The van der Waals surface area contributed by atoms with Gasteiger partial charge in [0, 0.05) is 18.3 Å². The zero-order chi connectivity index (χ0) is 14.7. The van der Waals surface area contributed by atoms with Crippen LogP contribution in [0.4, 0.5) is 5.69 Å². The van der Waals surface area contributed by atoms with Gasteiger partial charge in [-0.3, -0.25) is 0 Å². The minimum absolute atomic E-state index is 0.209. The van der Waals surface area contributed by atoms with E-state index < -0.39 is 0 Å². The van der Waals surface area contributed by atoms with E-state index in [9.17, 15) is 0 Å². The van der Waals surface area contributed by atoms with Gasteiger partial charge in [0.15, 0.2) is 11.5 Å². The van der Waals surface area contributed by atoms with Crippen molar-refractivity contribution >= 4 is 5.69 Å². The van der Waals surface area contributed by atoms with Crippen LogP contribution in [-0.2, 0) is 6.54 Å². The molecule has 0 aromatic heterocycles. The summed E-state index contributed by atoms with van der Waals surface area (Å²) in [5.41, 5.74) is 9.07. The largest absolute Gasteiger partial charge is 0.486 e. The summed E-state index contributed by atoms with van der Waals surface area (Å²) in [6, 6.07) is 14.2. The Balaban J connectivity index is 1.68. The summed E-state index contributed by atoms with van der Waals surface area (Å²) in [5, 5.41) is 3.49. The summed E-state index contributed by atoms with van der Waals surface area (Å²) in [5.74, 6) is 1.65. The lowest BCUT2D eigenvalue weighted by Crippen LogP contribution is -2.20. The quantitative estimate of drug-likeness (QED) is 0.848. The molecule has 0 aliphatic carbocycles. The predicted molar refractivity (Wildman–Crippen MR) is 83.5 cm³/mol. The molecule has 1 heterocycles. The summed E-state index contributed by atoms with van der Waals surface area (Å²) >= 11 is 0. The highest BCUT2D eigenvalue weighted by atomic mass is 16.6. The first kappa shape index (κ1) is 13.8. The number of hydrogen-bond acceptors (Lipinski definition) is 4. The van der Waals surface area contributed by atoms with Gasteiger partial charge in [-0.15, -0.1) is 0 Å². The van der Waals surface area contributed by atoms with E-state index >= 15 is 0 Å². The minimum atomic E-state index is 0.209. The molecule has 1 atom stereocenters. The molecule has 0 spiro atoms. The molecule has 1 aliphatic rings. The lowest BCUT2D eigenvalue weighted by Gasteiger charge is -2.21. The van der Waals surface area contributed by atoms with Crippen molar-refractivity contribution in [3.63, 3.8) is 0 Å². The van der Waals surface area contributed by atoms with Crippen LogP contribution in [-0.4, -0.2) is 13.2 Å². The lowest BCUT2D eigenvalue weighted by molar-refractivity contribution is 0.171. The summed E-state index contributed by atoms with van der Waals surface area (Å²) in [7, 11) is 0. The first-order valence-electron chi connectivity index (χ1n) is 7.20. The fourth-order valence-electron chi connectivity index (χ4n) is 2.41. The van der Waals surface area contributed by atoms with Gasteiger partial charge in [0.2, 0.25) is 0 Å². The number of ether oxygens (including phenoxy) is 2. The van der Waals surface area contributed by atoms with E-state index in [0.29, 0.717) is 13.2 Å². The Morgan fingerprint density at radius 2 is 1.86 bits per heavy atom. The second kappa shape index (κ2) is 6.06. The number of hydrogen-bond donors (Lipinski definition) is 2. The van der Waals surface area contributed by atoms with Crippen LogP contribution in [0.15, 0.2) is 42.5 Å². The maximum Gasteiger partial charge on any atom is 0.161 e. The van der Waals surface area contributed by atoms with Crippen LogP contribution < -0.4 is 20.5 Å². The molecule has 4 nitrogen and oxygen atoms in total. The van der Waals surface area contributed by atoms with Crippen LogP contribution >= 0.6 is 0 Å². The Hall–Kier alpha value is -2.20. The normalized spacial score (nSPS) is 14.7. The number of rotatable bonds is 4. The molecule has 1 unspecified atom stereocenters. The highest BCUT2D eigenvalue weighted by Crippen LogP contribution is 2.32. The van der Waals surface area contributed by atoms with Crippen LogP contribution in [0.25, 0.3) is 0 Å². The van der Waals surface area contributed by atoms with Gasteiger partial charge in [-0.2, -0.15) is 0 Å². The summed E-state index contributed by atoms with van der Waals surface area (Å²) < 4.78 is 11.2. The van der Waals surface area contributed by atoms with E-state index in [4.69, 9.17) is 15.2 Å². The summed E-state index contributed by atoms with van der Waals surface area (Å²) in [6.45, 7) is 4.10. The zero-order valence-corrected chi connectivity index (χ0v) is 12.1. The Morgan fingerprint density at radius 1 is 1.10 bits per heavy atom. The van der Waals surface area contributed by atoms with Crippen molar-refractivity contribution in [1.29, 1.82) is 0 Å².